The van der Waals surface area contributed by atoms with E-state index in [-0.39, 0.29) is 5.84 Å². The third-order valence-electron chi connectivity index (χ3n) is 2.89. The van der Waals surface area contributed by atoms with Crippen molar-refractivity contribution in [1.82, 2.24) is 14.8 Å². The van der Waals surface area contributed by atoms with Gasteiger partial charge >= 0.3 is 0 Å². The van der Waals surface area contributed by atoms with Crippen molar-refractivity contribution in [3.63, 3.8) is 0 Å². The second kappa shape index (κ2) is 4.97. The summed E-state index contributed by atoms with van der Waals surface area (Å²) in [5, 5.41) is 13.6. The number of nitrogen functional groups attached to an aromatic ring is 1. The number of aromatic nitrogens is 3. The first-order valence-electron chi connectivity index (χ1n) is 6.04. The molecule has 3 aromatic rings. The van der Waals surface area contributed by atoms with Crippen LogP contribution in [-0.4, -0.2) is 20.6 Å². The van der Waals surface area contributed by atoms with Gasteiger partial charge in [-0.25, -0.2) is 4.98 Å². The molecule has 0 aliphatic rings. The van der Waals surface area contributed by atoms with Gasteiger partial charge in [-0.2, -0.15) is 5.10 Å². The predicted octanol–water partition coefficient (Wildman–Crippen LogP) is 2.40. The predicted molar refractivity (Wildman–Crippen MR) is 80.1 cm³/mol. The Balaban J connectivity index is 2.10. The van der Waals surface area contributed by atoms with Crippen molar-refractivity contribution in [1.29, 1.82) is 5.41 Å². The zero-order valence-corrected chi connectivity index (χ0v) is 11.7. The number of nitrogens with one attached hydrogen (secondary N) is 1. The summed E-state index contributed by atoms with van der Waals surface area (Å²) in [6, 6.07) is 9.55. The van der Waals surface area contributed by atoms with E-state index in [1.165, 1.54) is 11.8 Å². The Kier molecular flexibility index (Phi) is 3.15. The monoisotopic (exact) mass is 283 g/mol. The molecule has 1 aromatic carbocycles. The van der Waals surface area contributed by atoms with E-state index >= 15 is 0 Å². The summed E-state index contributed by atoms with van der Waals surface area (Å²) < 4.78 is 1.75. The average Bonchev–Trinajstić information content (AvgIpc) is 2.83. The lowest BCUT2D eigenvalue weighted by Crippen LogP contribution is -2.12. The SMILES string of the molecule is Cn1cc(Sc2cc(C(=N)N)c3ccccc3n2)cn1. The largest absolute Gasteiger partial charge is 0.384 e. The van der Waals surface area contributed by atoms with Crippen LogP contribution < -0.4 is 5.73 Å². The molecule has 2 heterocycles. The molecule has 3 N–H and O–H groups in total. The van der Waals surface area contributed by atoms with Gasteiger partial charge in [0.15, 0.2) is 0 Å². The van der Waals surface area contributed by atoms with Gasteiger partial charge in [0.25, 0.3) is 0 Å². The second-order valence-corrected chi connectivity index (χ2v) is 5.48. The molecular formula is C14H13N5S. The summed E-state index contributed by atoms with van der Waals surface area (Å²) in [4.78, 5) is 5.60. The number of para-hydroxylation sites is 1. The maximum absolute atomic E-state index is 7.72. The van der Waals surface area contributed by atoms with Crippen LogP contribution in [-0.2, 0) is 7.05 Å². The molecule has 0 unspecified atom stereocenters. The van der Waals surface area contributed by atoms with Gasteiger partial charge in [-0.1, -0.05) is 30.0 Å². The third-order valence-corrected chi connectivity index (χ3v) is 3.75. The zero-order valence-electron chi connectivity index (χ0n) is 10.9. The van der Waals surface area contributed by atoms with Gasteiger partial charge in [0, 0.05) is 24.2 Å². The number of rotatable bonds is 3. The van der Waals surface area contributed by atoms with E-state index in [1.54, 1.807) is 10.9 Å². The highest BCUT2D eigenvalue weighted by atomic mass is 32.2. The maximum atomic E-state index is 7.72. The summed E-state index contributed by atoms with van der Waals surface area (Å²) in [6.07, 6.45) is 3.71. The van der Waals surface area contributed by atoms with Crippen molar-refractivity contribution in [2.24, 2.45) is 12.8 Å². The van der Waals surface area contributed by atoms with Crippen LogP contribution in [0.25, 0.3) is 10.9 Å². The standard InChI is InChI=1S/C14H13N5S/c1-19-8-9(7-17-19)20-13-6-11(14(15)16)10-4-2-3-5-12(10)18-13/h2-8H,1H3,(H3,15,16). The van der Waals surface area contributed by atoms with Crippen LogP contribution in [0.5, 0.6) is 0 Å². The summed E-state index contributed by atoms with van der Waals surface area (Å²) in [6.45, 7) is 0. The second-order valence-electron chi connectivity index (χ2n) is 4.39. The number of nitrogens with zero attached hydrogens (tertiary/aromatic N) is 3. The fourth-order valence-electron chi connectivity index (χ4n) is 2.00. The van der Waals surface area contributed by atoms with E-state index < -0.39 is 0 Å². The molecular weight excluding hydrogens is 270 g/mol. The Morgan fingerprint density at radius 3 is 2.85 bits per heavy atom. The molecule has 0 fully saturated rings. The van der Waals surface area contributed by atoms with Crippen molar-refractivity contribution in [3.05, 3.63) is 48.3 Å². The highest BCUT2D eigenvalue weighted by Gasteiger charge is 2.09. The molecule has 0 aliphatic heterocycles. The fourth-order valence-corrected chi connectivity index (χ4v) is 2.87. The molecule has 0 radical (unpaired) electrons. The summed E-state index contributed by atoms with van der Waals surface area (Å²) in [5.41, 5.74) is 7.23. The van der Waals surface area contributed by atoms with E-state index in [1.807, 2.05) is 43.6 Å². The number of hydrogen-bond donors (Lipinski definition) is 2. The minimum absolute atomic E-state index is 0.0524. The van der Waals surface area contributed by atoms with E-state index in [9.17, 15) is 0 Å². The van der Waals surface area contributed by atoms with E-state index in [4.69, 9.17) is 11.1 Å². The Labute approximate surface area is 120 Å². The van der Waals surface area contributed by atoms with E-state index in [0.29, 0.717) is 5.56 Å². The Hall–Kier alpha value is -2.34. The number of benzene rings is 1. The average molecular weight is 283 g/mol. The van der Waals surface area contributed by atoms with Gasteiger partial charge in [-0.15, -0.1) is 0 Å². The van der Waals surface area contributed by atoms with Gasteiger partial charge in [-0.3, -0.25) is 10.1 Å². The molecule has 0 aliphatic carbocycles. The van der Waals surface area contributed by atoms with Gasteiger partial charge < -0.3 is 5.73 Å². The number of fused-ring (bicyclic) bond motifs is 1. The van der Waals surface area contributed by atoms with E-state index in [2.05, 4.69) is 10.1 Å². The molecule has 0 bridgehead atoms. The van der Waals surface area contributed by atoms with Gasteiger partial charge in [0.05, 0.1) is 16.6 Å². The van der Waals surface area contributed by atoms with Crippen molar-refractivity contribution in [2.75, 3.05) is 0 Å². The summed E-state index contributed by atoms with van der Waals surface area (Å²) >= 11 is 1.51. The van der Waals surface area contributed by atoms with Crippen LogP contribution >= 0.6 is 11.8 Å². The van der Waals surface area contributed by atoms with Gasteiger partial charge in [0.2, 0.25) is 0 Å². The Bertz CT molecular complexity index is 793. The molecule has 0 saturated carbocycles. The topological polar surface area (TPSA) is 80.6 Å². The van der Waals surface area contributed by atoms with Crippen molar-refractivity contribution >= 4 is 28.5 Å². The van der Waals surface area contributed by atoms with E-state index in [0.717, 1.165) is 20.8 Å². The van der Waals surface area contributed by atoms with Gasteiger partial charge in [-0.05, 0) is 12.1 Å². The van der Waals surface area contributed by atoms with Crippen molar-refractivity contribution in [2.45, 2.75) is 9.92 Å². The smallest absolute Gasteiger partial charge is 0.123 e. The molecule has 0 amide bonds. The maximum Gasteiger partial charge on any atom is 0.123 e. The van der Waals surface area contributed by atoms with Gasteiger partial charge in [0.1, 0.15) is 10.9 Å². The minimum atomic E-state index is 0.0524. The lowest BCUT2D eigenvalue weighted by atomic mass is 10.1. The lowest BCUT2D eigenvalue weighted by molar-refractivity contribution is 0.766. The lowest BCUT2D eigenvalue weighted by Gasteiger charge is -2.07. The highest BCUT2D eigenvalue weighted by molar-refractivity contribution is 7.99. The molecule has 5 nitrogen and oxygen atoms in total. The van der Waals surface area contributed by atoms with Crippen LogP contribution in [0, 0.1) is 5.41 Å². The number of pyridine rings is 1. The molecule has 20 heavy (non-hydrogen) atoms. The first-order valence-corrected chi connectivity index (χ1v) is 6.86. The number of nitrogens with two attached hydrogens (primary N) is 1. The highest BCUT2D eigenvalue weighted by Crippen LogP contribution is 2.29. The summed E-state index contributed by atoms with van der Waals surface area (Å²) in [7, 11) is 1.87. The Morgan fingerprint density at radius 1 is 1.35 bits per heavy atom. The molecule has 0 saturated heterocycles. The normalized spacial score (nSPS) is 10.8. The van der Waals surface area contributed by atoms with Crippen molar-refractivity contribution < 1.29 is 0 Å². The molecule has 0 atom stereocenters. The van der Waals surface area contributed by atoms with Crippen LogP contribution in [0.2, 0.25) is 0 Å². The number of hydrogen-bond acceptors (Lipinski definition) is 4. The fraction of sp³-hybridized carbons (Fsp3) is 0.0714. The quantitative estimate of drug-likeness (QED) is 0.571. The molecule has 2 aromatic heterocycles. The first-order chi connectivity index (χ1) is 9.63. The van der Waals surface area contributed by atoms with Crippen LogP contribution in [0.1, 0.15) is 5.56 Å². The number of aryl methyl sites for hydroxylation is 1. The Morgan fingerprint density at radius 2 is 2.15 bits per heavy atom. The number of amidine groups is 1. The summed E-state index contributed by atoms with van der Waals surface area (Å²) in [5.74, 6) is 0.0524. The van der Waals surface area contributed by atoms with Crippen LogP contribution in [0.3, 0.4) is 0 Å². The molecule has 6 heteroatoms. The first kappa shape index (κ1) is 12.7. The van der Waals surface area contributed by atoms with Crippen LogP contribution in [0.15, 0.2) is 52.6 Å². The zero-order chi connectivity index (χ0) is 14.1. The molecule has 3 rings (SSSR count). The molecule has 100 valence electrons. The van der Waals surface area contributed by atoms with Crippen LogP contribution in [0.4, 0.5) is 0 Å². The molecule has 0 spiro atoms. The minimum Gasteiger partial charge on any atom is -0.384 e. The third kappa shape index (κ3) is 2.37. The van der Waals surface area contributed by atoms with Crippen molar-refractivity contribution in [3.8, 4) is 0 Å².